The summed E-state index contributed by atoms with van der Waals surface area (Å²) in [6.07, 6.45) is 1.46. The second-order valence-electron chi connectivity index (χ2n) is 3.61. The highest BCUT2D eigenvalue weighted by Gasteiger charge is 2.30. The number of aliphatic carboxylic acids is 1. The molecule has 0 radical (unpaired) electrons. The molecule has 0 saturated carbocycles. The Bertz CT molecular complexity index is 470. The van der Waals surface area contributed by atoms with Gasteiger partial charge in [-0.2, -0.15) is 5.26 Å². The van der Waals surface area contributed by atoms with Crippen LogP contribution in [0.1, 0.15) is 5.69 Å². The molecule has 2 heterocycles. The molecular weight excluding hydrogens is 222 g/mol. The maximum absolute atomic E-state index is 11.1. The first-order valence-electron chi connectivity index (χ1n) is 5.15. The topological polar surface area (TPSA) is 102 Å². The van der Waals surface area contributed by atoms with E-state index in [4.69, 9.17) is 10.4 Å². The van der Waals surface area contributed by atoms with Gasteiger partial charge < -0.3 is 15.3 Å². The number of aromatic nitrogens is 2. The number of carbonyl (C=O) groups is 1. The van der Waals surface area contributed by atoms with E-state index >= 15 is 0 Å². The van der Waals surface area contributed by atoms with Crippen molar-refractivity contribution in [2.45, 2.75) is 6.04 Å². The van der Waals surface area contributed by atoms with Crippen LogP contribution < -0.4 is 10.2 Å². The van der Waals surface area contributed by atoms with Crippen molar-refractivity contribution in [2.75, 3.05) is 24.5 Å². The largest absolute Gasteiger partial charge is 0.480 e. The number of nitrogens with one attached hydrogen (secondary N) is 1. The zero-order chi connectivity index (χ0) is 12.3. The van der Waals surface area contributed by atoms with Gasteiger partial charge in [0.2, 0.25) is 5.95 Å². The number of nitriles is 1. The Morgan fingerprint density at radius 3 is 3.24 bits per heavy atom. The number of rotatable bonds is 2. The first-order chi connectivity index (χ1) is 8.22. The van der Waals surface area contributed by atoms with E-state index in [1.54, 1.807) is 4.90 Å². The van der Waals surface area contributed by atoms with Crippen molar-refractivity contribution in [3.05, 3.63) is 18.0 Å². The van der Waals surface area contributed by atoms with Crippen LogP contribution in [-0.4, -0.2) is 46.7 Å². The Kier molecular flexibility index (Phi) is 3.16. The molecule has 1 aliphatic heterocycles. The van der Waals surface area contributed by atoms with E-state index in [0.29, 0.717) is 19.6 Å². The molecule has 1 unspecified atom stereocenters. The molecule has 17 heavy (non-hydrogen) atoms. The molecular formula is C10H11N5O2. The van der Waals surface area contributed by atoms with E-state index in [0.717, 1.165) is 0 Å². The van der Waals surface area contributed by atoms with Gasteiger partial charge in [-0.25, -0.2) is 14.8 Å². The molecule has 2 N–H and O–H groups in total. The molecule has 1 saturated heterocycles. The Balaban J connectivity index is 2.29. The van der Waals surface area contributed by atoms with Crippen LogP contribution in [0, 0.1) is 11.3 Å². The van der Waals surface area contributed by atoms with Gasteiger partial charge in [-0.15, -0.1) is 0 Å². The summed E-state index contributed by atoms with van der Waals surface area (Å²) in [6, 6.07) is 2.70. The number of hydrogen-bond donors (Lipinski definition) is 2. The van der Waals surface area contributed by atoms with Crippen LogP contribution >= 0.6 is 0 Å². The number of anilines is 1. The van der Waals surface area contributed by atoms with Crippen molar-refractivity contribution in [3.63, 3.8) is 0 Å². The van der Waals surface area contributed by atoms with E-state index in [-0.39, 0.29) is 11.6 Å². The zero-order valence-electron chi connectivity index (χ0n) is 9.00. The number of piperazine rings is 1. The lowest BCUT2D eigenvalue weighted by atomic mass is 10.2. The minimum atomic E-state index is -0.928. The van der Waals surface area contributed by atoms with Crippen LogP contribution in [0.25, 0.3) is 0 Å². The van der Waals surface area contributed by atoms with Crippen molar-refractivity contribution < 1.29 is 9.90 Å². The van der Waals surface area contributed by atoms with Gasteiger partial charge in [0.25, 0.3) is 0 Å². The molecule has 0 amide bonds. The van der Waals surface area contributed by atoms with Crippen LogP contribution in [0.15, 0.2) is 12.3 Å². The number of hydrogen-bond acceptors (Lipinski definition) is 6. The second kappa shape index (κ2) is 4.76. The summed E-state index contributed by atoms with van der Waals surface area (Å²) >= 11 is 0. The first kappa shape index (κ1) is 11.3. The van der Waals surface area contributed by atoms with E-state index in [9.17, 15) is 4.79 Å². The molecule has 1 fully saturated rings. The molecule has 1 aromatic rings. The Labute approximate surface area is 97.7 Å². The van der Waals surface area contributed by atoms with Crippen molar-refractivity contribution in [1.29, 1.82) is 5.26 Å². The van der Waals surface area contributed by atoms with Gasteiger partial charge in [-0.05, 0) is 6.07 Å². The normalized spacial score (nSPS) is 19.7. The SMILES string of the molecule is N#Cc1ccnc(N2CCNCC2C(=O)O)n1. The number of carboxylic acids is 1. The fraction of sp³-hybridized carbons (Fsp3) is 0.400. The molecule has 0 bridgehead atoms. The number of carboxylic acid groups (broad SMARTS) is 1. The summed E-state index contributed by atoms with van der Waals surface area (Å²) < 4.78 is 0. The third kappa shape index (κ3) is 2.32. The lowest BCUT2D eigenvalue weighted by Crippen LogP contribution is -2.55. The average molecular weight is 233 g/mol. The molecule has 2 rings (SSSR count). The van der Waals surface area contributed by atoms with Crippen molar-refractivity contribution in [2.24, 2.45) is 0 Å². The van der Waals surface area contributed by atoms with Crippen LogP contribution in [0.4, 0.5) is 5.95 Å². The molecule has 0 aliphatic carbocycles. The third-order valence-corrected chi connectivity index (χ3v) is 2.54. The van der Waals surface area contributed by atoms with E-state index in [1.807, 2.05) is 6.07 Å². The summed E-state index contributed by atoms with van der Waals surface area (Å²) in [5, 5.41) is 20.8. The second-order valence-corrected chi connectivity index (χ2v) is 3.61. The quantitative estimate of drug-likeness (QED) is 0.690. The van der Waals surface area contributed by atoms with Crippen LogP contribution in [0.5, 0.6) is 0 Å². The molecule has 88 valence electrons. The number of nitrogens with zero attached hydrogens (tertiary/aromatic N) is 4. The van der Waals surface area contributed by atoms with Crippen molar-refractivity contribution in [1.82, 2.24) is 15.3 Å². The molecule has 0 spiro atoms. The maximum atomic E-state index is 11.1. The summed E-state index contributed by atoms with van der Waals surface area (Å²) in [5.41, 5.74) is 0.234. The van der Waals surface area contributed by atoms with E-state index < -0.39 is 12.0 Å². The van der Waals surface area contributed by atoms with Gasteiger partial charge in [0.1, 0.15) is 17.8 Å². The van der Waals surface area contributed by atoms with Gasteiger partial charge in [0.05, 0.1) is 0 Å². The molecule has 0 aromatic carbocycles. The smallest absolute Gasteiger partial charge is 0.327 e. The molecule has 7 heteroatoms. The Morgan fingerprint density at radius 1 is 1.71 bits per heavy atom. The van der Waals surface area contributed by atoms with Gasteiger partial charge in [-0.3, -0.25) is 0 Å². The van der Waals surface area contributed by atoms with Gasteiger partial charge >= 0.3 is 5.97 Å². The molecule has 1 atom stereocenters. The summed E-state index contributed by atoms with van der Waals surface area (Å²) in [4.78, 5) is 20.7. The van der Waals surface area contributed by atoms with Crippen molar-refractivity contribution in [3.8, 4) is 6.07 Å². The highest BCUT2D eigenvalue weighted by Crippen LogP contribution is 2.13. The van der Waals surface area contributed by atoms with Crippen LogP contribution in [-0.2, 0) is 4.79 Å². The highest BCUT2D eigenvalue weighted by atomic mass is 16.4. The van der Waals surface area contributed by atoms with Gasteiger partial charge in [0.15, 0.2) is 0 Å². The fourth-order valence-electron chi connectivity index (χ4n) is 1.71. The monoisotopic (exact) mass is 233 g/mol. The summed E-state index contributed by atoms with van der Waals surface area (Å²) in [6.45, 7) is 1.52. The van der Waals surface area contributed by atoms with E-state index in [1.165, 1.54) is 12.3 Å². The zero-order valence-corrected chi connectivity index (χ0v) is 9.00. The minimum Gasteiger partial charge on any atom is -0.480 e. The Morgan fingerprint density at radius 2 is 2.53 bits per heavy atom. The van der Waals surface area contributed by atoms with Crippen LogP contribution in [0.2, 0.25) is 0 Å². The third-order valence-electron chi connectivity index (χ3n) is 2.54. The highest BCUT2D eigenvalue weighted by molar-refractivity contribution is 5.78. The summed E-state index contributed by atoms with van der Waals surface area (Å²) in [5.74, 6) is -0.638. The first-order valence-corrected chi connectivity index (χ1v) is 5.15. The average Bonchev–Trinajstić information content (AvgIpc) is 2.39. The fourth-order valence-corrected chi connectivity index (χ4v) is 1.71. The van der Waals surface area contributed by atoms with Gasteiger partial charge in [-0.1, -0.05) is 0 Å². The molecule has 1 aliphatic rings. The summed E-state index contributed by atoms with van der Waals surface area (Å²) in [7, 11) is 0. The van der Waals surface area contributed by atoms with Crippen molar-refractivity contribution >= 4 is 11.9 Å². The maximum Gasteiger partial charge on any atom is 0.327 e. The standard InChI is InChI=1S/C10H11N5O2/c11-5-7-1-2-13-10(14-7)15-4-3-12-6-8(15)9(16)17/h1-2,8,12H,3-4,6H2,(H,16,17). The van der Waals surface area contributed by atoms with Crippen LogP contribution in [0.3, 0.4) is 0 Å². The predicted molar refractivity (Wildman–Crippen MR) is 58.4 cm³/mol. The molecule has 7 nitrogen and oxygen atoms in total. The van der Waals surface area contributed by atoms with E-state index in [2.05, 4.69) is 15.3 Å². The minimum absolute atomic E-state index is 0.234. The lowest BCUT2D eigenvalue weighted by molar-refractivity contribution is -0.138. The lowest BCUT2D eigenvalue weighted by Gasteiger charge is -2.33. The predicted octanol–water partition coefficient (Wildman–Crippen LogP) is -0.789. The van der Waals surface area contributed by atoms with Gasteiger partial charge in [0, 0.05) is 25.8 Å². The molecule has 1 aromatic heterocycles. The Hall–Kier alpha value is -2.20.